The second-order valence-corrected chi connectivity index (χ2v) is 5.08. The topological polar surface area (TPSA) is 52.6 Å². The molecule has 106 valence electrons. The van der Waals surface area contributed by atoms with E-state index in [9.17, 15) is 4.79 Å². The SMILES string of the molecule is CCC(CC)N(CCO)C(=O)C1CCCCCN1. The van der Waals surface area contributed by atoms with Crippen LogP contribution in [-0.4, -0.2) is 47.7 Å². The Bertz CT molecular complexity index is 234. The maximum absolute atomic E-state index is 12.6. The number of nitrogens with one attached hydrogen (secondary N) is 1. The Morgan fingerprint density at radius 3 is 2.67 bits per heavy atom. The van der Waals surface area contributed by atoms with E-state index in [2.05, 4.69) is 19.2 Å². The number of carbonyl (C=O) groups is 1. The van der Waals surface area contributed by atoms with Crippen LogP contribution in [0.25, 0.3) is 0 Å². The molecule has 1 amide bonds. The molecule has 0 spiro atoms. The van der Waals surface area contributed by atoms with Gasteiger partial charge in [0.25, 0.3) is 0 Å². The molecule has 0 aromatic carbocycles. The van der Waals surface area contributed by atoms with Crippen molar-refractivity contribution in [2.24, 2.45) is 0 Å². The first kappa shape index (κ1) is 15.4. The minimum atomic E-state index is -0.0420. The van der Waals surface area contributed by atoms with E-state index in [0.717, 1.165) is 38.6 Å². The average molecular weight is 256 g/mol. The molecule has 1 heterocycles. The van der Waals surface area contributed by atoms with Gasteiger partial charge in [-0.15, -0.1) is 0 Å². The molecule has 1 unspecified atom stereocenters. The molecule has 1 atom stereocenters. The van der Waals surface area contributed by atoms with Gasteiger partial charge in [0.15, 0.2) is 0 Å². The van der Waals surface area contributed by atoms with E-state index in [-0.39, 0.29) is 24.6 Å². The van der Waals surface area contributed by atoms with Gasteiger partial charge in [0, 0.05) is 12.6 Å². The summed E-state index contributed by atoms with van der Waals surface area (Å²) >= 11 is 0. The summed E-state index contributed by atoms with van der Waals surface area (Å²) in [6, 6.07) is 0.217. The lowest BCUT2D eigenvalue weighted by Crippen LogP contribution is -2.51. The van der Waals surface area contributed by atoms with Crippen LogP contribution >= 0.6 is 0 Å². The summed E-state index contributed by atoms with van der Waals surface area (Å²) in [6.07, 6.45) is 6.33. The number of nitrogens with zero attached hydrogens (tertiary/aromatic N) is 1. The molecule has 0 bridgehead atoms. The standard InChI is InChI=1S/C14H28N2O2/c1-3-12(4-2)16(10-11-17)14(18)13-8-6-5-7-9-15-13/h12-13,15,17H,3-11H2,1-2H3. The molecule has 4 heteroatoms. The van der Waals surface area contributed by atoms with Crippen LogP contribution in [0.2, 0.25) is 0 Å². The van der Waals surface area contributed by atoms with Crippen LogP contribution in [-0.2, 0) is 4.79 Å². The first-order chi connectivity index (χ1) is 8.74. The van der Waals surface area contributed by atoms with Crippen LogP contribution in [0.5, 0.6) is 0 Å². The summed E-state index contributed by atoms with van der Waals surface area (Å²) < 4.78 is 0. The van der Waals surface area contributed by atoms with E-state index < -0.39 is 0 Å². The molecule has 1 aliphatic rings. The summed E-state index contributed by atoms with van der Waals surface area (Å²) in [4.78, 5) is 14.4. The maximum Gasteiger partial charge on any atom is 0.240 e. The molecule has 0 aliphatic carbocycles. The molecule has 0 saturated carbocycles. The molecule has 4 nitrogen and oxygen atoms in total. The van der Waals surface area contributed by atoms with Crippen LogP contribution in [0, 0.1) is 0 Å². The lowest BCUT2D eigenvalue weighted by molar-refractivity contribution is -0.136. The average Bonchev–Trinajstić information content (AvgIpc) is 2.67. The summed E-state index contributed by atoms with van der Waals surface area (Å²) in [7, 11) is 0. The van der Waals surface area contributed by atoms with Crippen molar-refractivity contribution in [3.05, 3.63) is 0 Å². The molecule has 1 rings (SSSR count). The highest BCUT2D eigenvalue weighted by Crippen LogP contribution is 2.15. The van der Waals surface area contributed by atoms with E-state index in [1.165, 1.54) is 6.42 Å². The van der Waals surface area contributed by atoms with Crippen LogP contribution < -0.4 is 5.32 Å². The third-order valence-corrected chi connectivity index (χ3v) is 3.87. The van der Waals surface area contributed by atoms with Crippen molar-refractivity contribution in [2.75, 3.05) is 19.7 Å². The number of amides is 1. The number of hydrogen-bond donors (Lipinski definition) is 2. The molecular weight excluding hydrogens is 228 g/mol. The van der Waals surface area contributed by atoms with Gasteiger partial charge in [-0.1, -0.05) is 26.7 Å². The van der Waals surface area contributed by atoms with Crippen molar-refractivity contribution >= 4 is 5.91 Å². The fraction of sp³-hybridized carbons (Fsp3) is 0.929. The molecule has 0 radical (unpaired) electrons. The minimum absolute atomic E-state index is 0.0420. The maximum atomic E-state index is 12.6. The summed E-state index contributed by atoms with van der Waals surface area (Å²) in [5.74, 6) is 0.180. The molecule has 1 fully saturated rings. The summed E-state index contributed by atoms with van der Waals surface area (Å²) in [5, 5.41) is 12.5. The number of rotatable bonds is 6. The Hall–Kier alpha value is -0.610. The van der Waals surface area contributed by atoms with E-state index in [4.69, 9.17) is 5.11 Å². The zero-order valence-electron chi connectivity index (χ0n) is 11.8. The van der Waals surface area contributed by atoms with E-state index in [1.54, 1.807) is 0 Å². The van der Waals surface area contributed by atoms with Crippen molar-refractivity contribution in [2.45, 2.75) is 64.5 Å². The number of aliphatic hydroxyl groups is 1. The first-order valence-electron chi connectivity index (χ1n) is 7.39. The molecular formula is C14H28N2O2. The van der Waals surface area contributed by atoms with Crippen molar-refractivity contribution < 1.29 is 9.90 Å². The second-order valence-electron chi connectivity index (χ2n) is 5.08. The van der Waals surface area contributed by atoms with Gasteiger partial charge in [-0.25, -0.2) is 0 Å². The molecule has 0 aromatic rings. The Kier molecular flexibility index (Phi) is 7.28. The highest BCUT2D eigenvalue weighted by atomic mass is 16.3. The van der Waals surface area contributed by atoms with Crippen LogP contribution in [0.1, 0.15) is 52.4 Å². The molecule has 1 saturated heterocycles. The van der Waals surface area contributed by atoms with E-state index >= 15 is 0 Å². The van der Waals surface area contributed by atoms with Crippen molar-refractivity contribution in [3.63, 3.8) is 0 Å². The molecule has 1 aliphatic heterocycles. The normalized spacial score (nSPS) is 20.8. The lowest BCUT2D eigenvalue weighted by atomic mass is 10.1. The highest BCUT2D eigenvalue weighted by Gasteiger charge is 2.28. The van der Waals surface area contributed by atoms with Gasteiger partial charge in [-0.3, -0.25) is 4.79 Å². The molecule has 2 N–H and O–H groups in total. The first-order valence-corrected chi connectivity index (χ1v) is 7.39. The highest BCUT2D eigenvalue weighted by molar-refractivity contribution is 5.82. The lowest BCUT2D eigenvalue weighted by Gasteiger charge is -2.33. The zero-order chi connectivity index (χ0) is 13.4. The van der Waals surface area contributed by atoms with Crippen molar-refractivity contribution in [1.82, 2.24) is 10.2 Å². The Morgan fingerprint density at radius 1 is 1.33 bits per heavy atom. The quantitative estimate of drug-likeness (QED) is 0.758. The summed E-state index contributed by atoms with van der Waals surface area (Å²) in [5.41, 5.74) is 0. The van der Waals surface area contributed by atoms with Gasteiger partial charge >= 0.3 is 0 Å². The largest absolute Gasteiger partial charge is 0.395 e. The minimum Gasteiger partial charge on any atom is -0.395 e. The van der Waals surface area contributed by atoms with Crippen molar-refractivity contribution in [1.29, 1.82) is 0 Å². The van der Waals surface area contributed by atoms with Gasteiger partial charge in [0.05, 0.1) is 12.6 Å². The van der Waals surface area contributed by atoms with E-state index in [0.29, 0.717) is 6.54 Å². The van der Waals surface area contributed by atoms with Gasteiger partial charge < -0.3 is 15.3 Å². The van der Waals surface area contributed by atoms with Crippen LogP contribution in [0.15, 0.2) is 0 Å². The number of aliphatic hydroxyl groups excluding tert-OH is 1. The Labute approximate surface area is 111 Å². The Morgan fingerprint density at radius 2 is 2.06 bits per heavy atom. The van der Waals surface area contributed by atoms with Crippen molar-refractivity contribution in [3.8, 4) is 0 Å². The van der Waals surface area contributed by atoms with Gasteiger partial charge in [-0.05, 0) is 32.2 Å². The second kappa shape index (κ2) is 8.48. The van der Waals surface area contributed by atoms with Crippen LogP contribution in [0.4, 0.5) is 0 Å². The monoisotopic (exact) mass is 256 g/mol. The van der Waals surface area contributed by atoms with Gasteiger partial charge in [0.1, 0.15) is 0 Å². The predicted octanol–water partition coefficient (Wildman–Crippen LogP) is 1.53. The molecule has 0 aromatic heterocycles. The van der Waals surface area contributed by atoms with Gasteiger partial charge in [0.2, 0.25) is 5.91 Å². The fourth-order valence-electron chi connectivity index (χ4n) is 2.75. The van der Waals surface area contributed by atoms with Crippen LogP contribution in [0.3, 0.4) is 0 Å². The third-order valence-electron chi connectivity index (χ3n) is 3.87. The number of hydrogen-bond acceptors (Lipinski definition) is 3. The molecule has 18 heavy (non-hydrogen) atoms. The van der Waals surface area contributed by atoms with Gasteiger partial charge in [-0.2, -0.15) is 0 Å². The third kappa shape index (κ3) is 4.25. The van der Waals surface area contributed by atoms with E-state index in [1.807, 2.05) is 4.90 Å². The smallest absolute Gasteiger partial charge is 0.240 e. The zero-order valence-corrected chi connectivity index (χ0v) is 11.8. The Balaban J connectivity index is 2.67. The summed E-state index contributed by atoms with van der Waals surface area (Å²) in [6.45, 7) is 5.66. The number of carbonyl (C=O) groups excluding carboxylic acids is 1. The predicted molar refractivity (Wildman–Crippen MR) is 73.4 cm³/mol. The fourth-order valence-corrected chi connectivity index (χ4v) is 2.75.